The maximum Gasteiger partial charge on any atom is 0.408 e. The zero-order chi connectivity index (χ0) is 18.3. The first-order valence-corrected chi connectivity index (χ1v) is 9.08. The van der Waals surface area contributed by atoms with Gasteiger partial charge < -0.3 is 15.4 Å². The molecule has 3 N–H and O–H groups in total. The number of hydrogen-bond donors (Lipinski definition) is 3. The number of benzene rings is 1. The Morgan fingerprint density at radius 2 is 1.96 bits per heavy atom. The highest BCUT2D eigenvalue weighted by Gasteiger charge is 2.45. The molecule has 1 aliphatic heterocycles. The Morgan fingerprint density at radius 1 is 1.23 bits per heavy atom. The largest absolute Gasteiger partial charge is 0.465 e. The molecule has 1 aliphatic carbocycles. The van der Waals surface area contributed by atoms with E-state index in [2.05, 4.69) is 17.2 Å². The van der Waals surface area contributed by atoms with Crippen LogP contribution in [-0.4, -0.2) is 27.1 Å². The molecular formula is C20H23N3O3. The molecule has 3 atom stereocenters. The molecule has 2 aliphatic rings. The van der Waals surface area contributed by atoms with Crippen LogP contribution in [0.1, 0.15) is 36.9 Å². The second kappa shape index (κ2) is 6.52. The number of carboxylic acid groups (broad SMARTS) is 1. The third-order valence-electron chi connectivity index (χ3n) is 5.59. The molecule has 6 heteroatoms. The minimum absolute atomic E-state index is 0.0802. The number of anilines is 1. The first-order chi connectivity index (χ1) is 12.6. The van der Waals surface area contributed by atoms with Crippen LogP contribution in [0.3, 0.4) is 0 Å². The smallest absolute Gasteiger partial charge is 0.408 e. The third kappa shape index (κ3) is 2.96. The van der Waals surface area contributed by atoms with Gasteiger partial charge in [0.25, 0.3) is 5.56 Å². The number of aromatic nitrogens is 1. The predicted molar refractivity (Wildman–Crippen MR) is 99.1 cm³/mol. The number of amides is 1. The minimum atomic E-state index is -0.964. The van der Waals surface area contributed by atoms with E-state index in [0.29, 0.717) is 18.2 Å². The predicted octanol–water partition coefficient (Wildman–Crippen LogP) is 3.44. The van der Waals surface area contributed by atoms with Crippen LogP contribution in [0.5, 0.6) is 0 Å². The molecule has 6 nitrogen and oxygen atoms in total. The van der Waals surface area contributed by atoms with Gasteiger partial charge in [-0.25, -0.2) is 4.79 Å². The van der Waals surface area contributed by atoms with Crippen LogP contribution < -0.4 is 10.9 Å². The maximum atomic E-state index is 12.4. The normalized spacial score (nSPS) is 24.4. The van der Waals surface area contributed by atoms with Crippen molar-refractivity contribution < 1.29 is 9.90 Å². The molecular weight excluding hydrogens is 330 g/mol. The zero-order valence-electron chi connectivity index (χ0n) is 14.7. The van der Waals surface area contributed by atoms with E-state index < -0.39 is 6.09 Å². The minimum Gasteiger partial charge on any atom is -0.465 e. The van der Waals surface area contributed by atoms with Crippen molar-refractivity contribution >= 4 is 11.8 Å². The van der Waals surface area contributed by atoms with Gasteiger partial charge in [0.1, 0.15) is 5.69 Å². The molecule has 1 aromatic heterocycles. The number of nitrogens with one attached hydrogen (secondary N) is 2. The summed E-state index contributed by atoms with van der Waals surface area (Å²) in [6.07, 6.45) is 2.89. The fraction of sp³-hybridized carbons (Fsp3) is 0.400. The monoisotopic (exact) mass is 353 g/mol. The van der Waals surface area contributed by atoms with Crippen molar-refractivity contribution in [1.82, 2.24) is 9.88 Å². The lowest BCUT2D eigenvalue weighted by Gasteiger charge is -2.43. The summed E-state index contributed by atoms with van der Waals surface area (Å²) >= 11 is 0. The topological polar surface area (TPSA) is 85.4 Å². The van der Waals surface area contributed by atoms with Crippen molar-refractivity contribution in [2.24, 2.45) is 11.8 Å². The molecule has 0 unspecified atom stereocenters. The Morgan fingerprint density at radius 3 is 2.62 bits per heavy atom. The summed E-state index contributed by atoms with van der Waals surface area (Å²) in [6, 6.07) is 11.2. The standard InChI is InChI=1S/C20H23N3O3/c1-12-16(14-7-8-14)22-17-15(9-10-21-19(17)24)18(12)23(20(25)26)11-13-5-3-2-4-6-13/h2-6,9-10,12,14,16,18,22H,7-8,11H2,1H3,(H,21,24)(H,25,26)/t12-,16+,18+/m0/s1. The van der Waals surface area contributed by atoms with Crippen molar-refractivity contribution in [2.75, 3.05) is 5.32 Å². The number of carbonyl (C=O) groups is 1. The van der Waals surface area contributed by atoms with Crippen LogP contribution in [0.15, 0.2) is 47.4 Å². The summed E-state index contributed by atoms with van der Waals surface area (Å²) in [5.41, 5.74) is 2.04. The number of pyridine rings is 1. The fourth-order valence-corrected chi connectivity index (χ4v) is 4.19. The molecule has 4 rings (SSSR count). The molecule has 1 amide bonds. The summed E-state index contributed by atoms with van der Waals surface area (Å²) in [4.78, 5) is 28.7. The lowest BCUT2D eigenvalue weighted by molar-refractivity contribution is 0.0935. The van der Waals surface area contributed by atoms with Crippen molar-refractivity contribution in [3.05, 3.63) is 64.1 Å². The van der Waals surface area contributed by atoms with Crippen molar-refractivity contribution in [3.63, 3.8) is 0 Å². The average molecular weight is 353 g/mol. The lowest BCUT2D eigenvalue weighted by atomic mass is 9.81. The van der Waals surface area contributed by atoms with Crippen LogP contribution in [0.2, 0.25) is 0 Å². The highest BCUT2D eigenvalue weighted by atomic mass is 16.4. The summed E-state index contributed by atoms with van der Waals surface area (Å²) < 4.78 is 0. The molecule has 0 bridgehead atoms. The van der Waals surface area contributed by atoms with Gasteiger partial charge in [-0.3, -0.25) is 9.69 Å². The Kier molecular flexibility index (Phi) is 4.18. The van der Waals surface area contributed by atoms with Gasteiger partial charge in [0.2, 0.25) is 0 Å². The summed E-state index contributed by atoms with van der Waals surface area (Å²) in [7, 11) is 0. The van der Waals surface area contributed by atoms with Crippen molar-refractivity contribution in [3.8, 4) is 0 Å². The molecule has 2 aromatic rings. The molecule has 0 spiro atoms. The lowest BCUT2D eigenvalue weighted by Crippen LogP contribution is -2.47. The second-order valence-electron chi connectivity index (χ2n) is 7.34. The average Bonchev–Trinajstić information content (AvgIpc) is 3.46. The molecule has 1 aromatic carbocycles. The number of nitrogens with zero attached hydrogens (tertiary/aromatic N) is 1. The van der Waals surface area contributed by atoms with Crippen LogP contribution in [0.25, 0.3) is 0 Å². The Labute approximate surface area is 151 Å². The highest BCUT2D eigenvalue weighted by Crippen LogP contribution is 2.47. The number of fused-ring (bicyclic) bond motifs is 1. The number of rotatable bonds is 4. The van der Waals surface area contributed by atoms with Crippen LogP contribution >= 0.6 is 0 Å². The van der Waals surface area contributed by atoms with E-state index >= 15 is 0 Å². The summed E-state index contributed by atoms with van der Waals surface area (Å²) in [6.45, 7) is 2.39. The third-order valence-corrected chi connectivity index (χ3v) is 5.59. The van der Waals surface area contributed by atoms with Gasteiger partial charge >= 0.3 is 6.09 Å². The van der Waals surface area contributed by atoms with Gasteiger partial charge in [-0.2, -0.15) is 0 Å². The van der Waals surface area contributed by atoms with E-state index in [1.54, 1.807) is 6.20 Å². The van der Waals surface area contributed by atoms with Crippen molar-refractivity contribution in [1.29, 1.82) is 0 Å². The first kappa shape index (κ1) is 16.7. The van der Waals surface area contributed by atoms with E-state index in [1.807, 2.05) is 36.4 Å². The fourth-order valence-electron chi connectivity index (χ4n) is 4.19. The molecule has 136 valence electrons. The van der Waals surface area contributed by atoms with Crippen molar-refractivity contribution in [2.45, 2.75) is 38.4 Å². The highest BCUT2D eigenvalue weighted by molar-refractivity contribution is 5.68. The van der Waals surface area contributed by atoms with Crippen LogP contribution in [0, 0.1) is 11.8 Å². The molecule has 0 saturated heterocycles. The van der Waals surface area contributed by atoms with E-state index in [4.69, 9.17) is 0 Å². The number of aromatic amines is 1. The summed E-state index contributed by atoms with van der Waals surface area (Å²) in [5, 5.41) is 13.4. The molecule has 1 saturated carbocycles. The molecule has 0 radical (unpaired) electrons. The van der Waals surface area contributed by atoms with Crippen LogP contribution in [0.4, 0.5) is 10.5 Å². The van der Waals surface area contributed by atoms with E-state index in [0.717, 1.165) is 24.0 Å². The molecule has 2 heterocycles. The van der Waals surface area contributed by atoms with Gasteiger partial charge in [0.05, 0.1) is 6.04 Å². The van der Waals surface area contributed by atoms with E-state index in [-0.39, 0.29) is 23.6 Å². The quantitative estimate of drug-likeness (QED) is 0.786. The first-order valence-electron chi connectivity index (χ1n) is 9.08. The van der Waals surface area contributed by atoms with Gasteiger partial charge in [-0.1, -0.05) is 37.3 Å². The molecule has 1 fully saturated rings. The van der Waals surface area contributed by atoms with Gasteiger partial charge in [-0.05, 0) is 30.4 Å². The van der Waals surface area contributed by atoms with Crippen LogP contribution in [-0.2, 0) is 6.54 Å². The molecule has 26 heavy (non-hydrogen) atoms. The SMILES string of the molecule is C[C@H]1[C@H](C2CC2)Nc2c(cc[nH]c2=O)[C@@H]1N(Cc1ccccc1)C(=O)O. The zero-order valence-corrected chi connectivity index (χ0v) is 14.7. The second-order valence-corrected chi connectivity index (χ2v) is 7.34. The number of H-pyrrole nitrogens is 1. The van der Waals surface area contributed by atoms with Gasteiger partial charge in [0, 0.05) is 30.3 Å². The maximum absolute atomic E-state index is 12.4. The Balaban J connectivity index is 1.77. The van der Waals surface area contributed by atoms with E-state index in [1.165, 1.54) is 4.90 Å². The number of hydrogen-bond acceptors (Lipinski definition) is 3. The Hall–Kier alpha value is -2.76. The van der Waals surface area contributed by atoms with E-state index in [9.17, 15) is 14.7 Å². The van der Waals surface area contributed by atoms with Gasteiger partial charge in [-0.15, -0.1) is 0 Å². The Bertz CT molecular complexity index is 860. The summed E-state index contributed by atoms with van der Waals surface area (Å²) in [5.74, 6) is 0.587. The van der Waals surface area contributed by atoms with Gasteiger partial charge in [0.15, 0.2) is 0 Å².